The van der Waals surface area contributed by atoms with Crippen LogP contribution in [0.15, 0.2) is 0 Å². The molecular formula is C11H22O2. The molecule has 0 rings (SSSR count). The van der Waals surface area contributed by atoms with Gasteiger partial charge < -0.3 is 4.74 Å². The summed E-state index contributed by atoms with van der Waals surface area (Å²) in [6.45, 7) is 7.98. The van der Waals surface area contributed by atoms with Crippen LogP contribution in [0.25, 0.3) is 0 Å². The fourth-order valence-electron chi connectivity index (χ4n) is 1.51. The van der Waals surface area contributed by atoms with Gasteiger partial charge in [0.25, 0.3) is 0 Å². The van der Waals surface area contributed by atoms with Gasteiger partial charge in [-0.15, -0.1) is 0 Å². The highest BCUT2D eigenvalue weighted by Crippen LogP contribution is 2.23. The molecule has 0 aromatic heterocycles. The van der Waals surface area contributed by atoms with E-state index in [-0.39, 0.29) is 11.7 Å². The zero-order valence-electron chi connectivity index (χ0n) is 9.52. The quantitative estimate of drug-likeness (QED) is 0.637. The van der Waals surface area contributed by atoms with Crippen LogP contribution in [0.4, 0.5) is 0 Å². The second kappa shape index (κ2) is 5.38. The van der Waals surface area contributed by atoms with Gasteiger partial charge in [-0.1, -0.05) is 20.8 Å². The third-order valence-corrected chi connectivity index (χ3v) is 3.00. The molecule has 0 amide bonds. The molecule has 0 fully saturated rings. The first-order chi connectivity index (χ1) is 6.05. The van der Waals surface area contributed by atoms with E-state index >= 15 is 0 Å². The van der Waals surface area contributed by atoms with Crippen LogP contribution in [0.2, 0.25) is 0 Å². The van der Waals surface area contributed by atoms with Crippen LogP contribution in [0.5, 0.6) is 0 Å². The van der Waals surface area contributed by atoms with Crippen LogP contribution in [-0.2, 0) is 9.53 Å². The number of Topliss-reactive ketones (excluding diaryl/α,β-unsaturated/α-hetero) is 1. The van der Waals surface area contributed by atoms with E-state index in [0.29, 0.717) is 0 Å². The number of ether oxygens (including phenoxy) is 1. The van der Waals surface area contributed by atoms with Gasteiger partial charge in [0, 0.05) is 13.0 Å². The van der Waals surface area contributed by atoms with E-state index in [1.807, 2.05) is 13.8 Å². The Balaban J connectivity index is 4.53. The lowest BCUT2D eigenvalue weighted by Gasteiger charge is -2.28. The van der Waals surface area contributed by atoms with Crippen LogP contribution in [0, 0.1) is 5.92 Å². The maximum atomic E-state index is 12.0. The van der Waals surface area contributed by atoms with E-state index in [1.165, 1.54) is 0 Å². The first-order valence-corrected chi connectivity index (χ1v) is 5.15. The maximum absolute atomic E-state index is 12.0. The molecule has 0 radical (unpaired) electrons. The third-order valence-electron chi connectivity index (χ3n) is 3.00. The van der Waals surface area contributed by atoms with Crippen molar-refractivity contribution >= 4 is 5.78 Å². The zero-order valence-corrected chi connectivity index (χ0v) is 9.52. The van der Waals surface area contributed by atoms with Gasteiger partial charge in [0.1, 0.15) is 5.60 Å². The van der Waals surface area contributed by atoms with Crippen molar-refractivity contribution in [3.8, 4) is 0 Å². The van der Waals surface area contributed by atoms with Gasteiger partial charge in [-0.2, -0.15) is 0 Å². The molecule has 0 aliphatic rings. The second-order valence-electron chi connectivity index (χ2n) is 3.67. The second-order valence-corrected chi connectivity index (χ2v) is 3.67. The summed E-state index contributed by atoms with van der Waals surface area (Å²) in [5, 5.41) is 0. The molecule has 0 heterocycles. The summed E-state index contributed by atoms with van der Waals surface area (Å²) in [6.07, 6.45) is 2.57. The summed E-state index contributed by atoms with van der Waals surface area (Å²) in [7, 11) is 1.61. The summed E-state index contributed by atoms with van der Waals surface area (Å²) in [5.41, 5.74) is -0.573. The van der Waals surface area contributed by atoms with Crippen molar-refractivity contribution in [1.29, 1.82) is 0 Å². The monoisotopic (exact) mass is 186 g/mol. The topological polar surface area (TPSA) is 26.3 Å². The minimum atomic E-state index is -0.573. The summed E-state index contributed by atoms with van der Waals surface area (Å²) < 4.78 is 5.28. The number of carbonyl (C=O) groups is 1. The molecule has 13 heavy (non-hydrogen) atoms. The van der Waals surface area contributed by atoms with Crippen molar-refractivity contribution < 1.29 is 9.53 Å². The number of hydrogen-bond acceptors (Lipinski definition) is 2. The van der Waals surface area contributed by atoms with Gasteiger partial charge >= 0.3 is 0 Å². The largest absolute Gasteiger partial charge is 0.371 e. The lowest BCUT2D eigenvalue weighted by atomic mass is 9.85. The van der Waals surface area contributed by atoms with E-state index in [4.69, 9.17) is 4.74 Å². The molecule has 0 aromatic carbocycles. The SMILES string of the molecule is CCC(CC)C(=O)C(C)(CC)OC. The van der Waals surface area contributed by atoms with Gasteiger partial charge in [-0.25, -0.2) is 0 Å². The van der Waals surface area contributed by atoms with Crippen LogP contribution in [0.1, 0.15) is 47.0 Å². The Labute approximate surface area is 81.7 Å². The van der Waals surface area contributed by atoms with E-state index in [1.54, 1.807) is 7.11 Å². The normalized spacial score (nSPS) is 15.8. The molecule has 2 nitrogen and oxygen atoms in total. The smallest absolute Gasteiger partial charge is 0.167 e. The van der Waals surface area contributed by atoms with Crippen LogP contribution < -0.4 is 0 Å². The predicted octanol–water partition coefficient (Wildman–Crippen LogP) is 2.81. The van der Waals surface area contributed by atoms with Crippen molar-refractivity contribution in [2.45, 2.75) is 52.6 Å². The molecule has 0 N–H and O–H groups in total. The first-order valence-electron chi connectivity index (χ1n) is 5.15. The highest BCUT2D eigenvalue weighted by Gasteiger charge is 2.34. The Morgan fingerprint density at radius 3 is 2.00 bits per heavy atom. The molecule has 0 aromatic rings. The Morgan fingerprint density at radius 1 is 1.31 bits per heavy atom. The van der Waals surface area contributed by atoms with Gasteiger partial charge in [0.2, 0.25) is 0 Å². The number of rotatable bonds is 6. The molecule has 2 heteroatoms. The van der Waals surface area contributed by atoms with Crippen LogP contribution >= 0.6 is 0 Å². The van der Waals surface area contributed by atoms with E-state index in [9.17, 15) is 4.79 Å². The Morgan fingerprint density at radius 2 is 1.77 bits per heavy atom. The average molecular weight is 186 g/mol. The maximum Gasteiger partial charge on any atom is 0.167 e. The number of hydrogen-bond donors (Lipinski definition) is 0. The average Bonchev–Trinajstić information content (AvgIpc) is 2.18. The van der Waals surface area contributed by atoms with Gasteiger partial charge in [-0.05, 0) is 26.2 Å². The molecule has 0 saturated carbocycles. The van der Waals surface area contributed by atoms with E-state index < -0.39 is 5.60 Å². The first kappa shape index (κ1) is 12.6. The standard InChI is InChI=1S/C11H22O2/c1-6-9(7-2)10(12)11(4,8-3)13-5/h9H,6-8H2,1-5H3. The summed E-state index contributed by atoms with van der Waals surface area (Å²) >= 11 is 0. The van der Waals surface area contributed by atoms with Crippen molar-refractivity contribution in [1.82, 2.24) is 0 Å². The lowest BCUT2D eigenvalue weighted by Crippen LogP contribution is -2.40. The van der Waals surface area contributed by atoms with Gasteiger partial charge in [0.15, 0.2) is 5.78 Å². The molecule has 1 unspecified atom stereocenters. The molecule has 0 saturated heterocycles. The van der Waals surface area contributed by atoms with Crippen LogP contribution in [0.3, 0.4) is 0 Å². The Bertz CT molecular complexity index is 155. The zero-order chi connectivity index (χ0) is 10.5. The Kier molecular flexibility index (Phi) is 5.23. The van der Waals surface area contributed by atoms with Gasteiger partial charge in [0.05, 0.1) is 0 Å². The minimum absolute atomic E-state index is 0.157. The van der Waals surface area contributed by atoms with Crippen molar-refractivity contribution in [3.63, 3.8) is 0 Å². The van der Waals surface area contributed by atoms with E-state index in [0.717, 1.165) is 19.3 Å². The van der Waals surface area contributed by atoms with E-state index in [2.05, 4.69) is 13.8 Å². The number of ketones is 1. The predicted molar refractivity (Wildman–Crippen MR) is 54.8 cm³/mol. The summed E-state index contributed by atoms with van der Waals surface area (Å²) in [5.74, 6) is 0.410. The molecule has 0 spiro atoms. The van der Waals surface area contributed by atoms with Crippen LogP contribution in [-0.4, -0.2) is 18.5 Å². The molecule has 0 bridgehead atoms. The fraction of sp³-hybridized carbons (Fsp3) is 0.909. The number of carbonyl (C=O) groups excluding carboxylic acids is 1. The molecule has 78 valence electrons. The molecule has 0 aliphatic carbocycles. The van der Waals surface area contributed by atoms with Crippen molar-refractivity contribution in [2.24, 2.45) is 5.92 Å². The fourth-order valence-corrected chi connectivity index (χ4v) is 1.51. The third kappa shape index (κ3) is 2.80. The summed E-state index contributed by atoms with van der Waals surface area (Å²) in [4.78, 5) is 12.0. The number of methoxy groups -OCH3 is 1. The lowest BCUT2D eigenvalue weighted by molar-refractivity contribution is -0.144. The molecule has 0 aliphatic heterocycles. The molecule has 1 atom stereocenters. The highest BCUT2D eigenvalue weighted by atomic mass is 16.5. The highest BCUT2D eigenvalue weighted by molar-refractivity contribution is 5.88. The van der Waals surface area contributed by atoms with Crippen molar-refractivity contribution in [3.05, 3.63) is 0 Å². The molecular weight excluding hydrogens is 164 g/mol. The minimum Gasteiger partial charge on any atom is -0.371 e. The van der Waals surface area contributed by atoms with Crippen molar-refractivity contribution in [2.75, 3.05) is 7.11 Å². The Hall–Kier alpha value is -0.370. The summed E-state index contributed by atoms with van der Waals surface area (Å²) in [6, 6.07) is 0. The van der Waals surface area contributed by atoms with Gasteiger partial charge in [-0.3, -0.25) is 4.79 Å².